The van der Waals surface area contributed by atoms with E-state index in [2.05, 4.69) is 32.9 Å². The minimum absolute atomic E-state index is 0.339. The summed E-state index contributed by atoms with van der Waals surface area (Å²) in [5, 5.41) is 11.9. The van der Waals surface area contributed by atoms with Crippen LogP contribution in [-0.4, -0.2) is 5.11 Å². The Bertz CT molecular complexity index is 498. The van der Waals surface area contributed by atoms with Gasteiger partial charge in [0.15, 0.2) is 0 Å². The monoisotopic (exact) mass is 200 g/mol. The largest absolute Gasteiger partial charge is 0.508 e. The molecule has 2 aromatic carbocycles. The zero-order valence-corrected chi connectivity index (χ0v) is 9.41. The van der Waals surface area contributed by atoms with Gasteiger partial charge in [-0.1, -0.05) is 32.0 Å². The maximum atomic E-state index is 9.48. The highest BCUT2D eigenvalue weighted by Crippen LogP contribution is 2.30. The molecule has 15 heavy (non-hydrogen) atoms. The third kappa shape index (κ3) is 1.70. The highest BCUT2D eigenvalue weighted by molar-refractivity contribution is 5.90. The number of fused-ring (bicyclic) bond motifs is 1. The summed E-state index contributed by atoms with van der Waals surface area (Å²) in [6.45, 7) is 6.46. The van der Waals surface area contributed by atoms with Crippen molar-refractivity contribution >= 4 is 10.8 Å². The molecule has 0 aliphatic carbocycles. The number of aromatic hydroxyl groups is 1. The van der Waals surface area contributed by atoms with Gasteiger partial charge in [-0.3, -0.25) is 0 Å². The van der Waals surface area contributed by atoms with E-state index in [1.165, 1.54) is 16.5 Å². The average molecular weight is 200 g/mol. The summed E-state index contributed by atoms with van der Waals surface area (Å²) >= 11 is 0. The van der Waals surface area contributed by atoms with Gasteiger partial charge in [-0.05, 0) is 46.9 Å². The number of phenolic OH excluding ortho intramolecular Hbond substituents is 1. The van der Waals surface area contributed by atoms with E-state index in [4.69, 9.17) is 0 Å². The molecular weight excluding hydrogens is 184 g/mol. The minimum Gasteiger partial charge on any atom is -0.508 e. The van der Waals surface area contributed by atoms with Crippen LogP contribution in [-0.2, 0) is 0 Å². The molecule has 0 saturated carbocycles. The summed E-state index contributed by atoms with van der Waals surface area (Å²) in [6, 6.07) is 9.91. The molecule has 0 aromatic heterocycles. The van der Waals surface area contributed by atoms with Crippen LogP contribution in [0.3, 0.4) is 0 Å². The third-order valence-electron chi connectivity index (χ3n) is 2.87. The molecule has 0 aliphatic heterocycles. The highest BCUT2D eigenvalue weighted by atomic mass is 16.3. The van der Waals surface area contributed by atoms with Crippen LogP contribution in [0.5, 0.6) is 5.75 Å². The molecule has 2 aromatic rings. The van der Waals surface area contributed by atoms with Gasteiger partial charge in [0.2, 0.25) is 0 Å². The van der Waals surface area contributed by atoms with Crippen molar-refractivity contribution < 1.29 is 5.11 Å². The van der Waals surface area contributed by atoms with Crippen LogP contribution in [0.1, 0.15) is 30.9 Å². The van der Waals surface area contributed by atoms with Crippen LogP contribution in [0.2, 0.25) is 0 Å². The van der Waals surface area contributed by atoms with Crippen molar-refractivity contribution in [3.63, 3.8) is 0 Å². The molecule has 0 amide bonds. The molecule has 0 unspecified atom stereocenters. The normalized spacial score (nSPS) is 11.2. The Hall–Kier alpha value is -1.50. The molecule has 1 N–H and O–H groups in total. The van der Waals surface area contributed by atoms with E-state index in [-0.39, 0.29) is 0 Å². The van der Waals surface area contributed by atoms with Crippen LogP contribution >= 0.6 is 0 Å². The first-order chi connectivity index (χ1) is 7.09. The molecule has 1 heteroatoms. The predicted octanol–water partition coefficient (Wildman–Crippen LogP) is 3.98. The number of hydrogen-bond donors (Lipinski definition) is 1. The van der Waals surface area contributed by atoms with E-state index in [1.54, 1.807) is 6.07 Å². The Morgan fingerprint density at radius 1 is 1.00 bits per heavy atom. The Morgan fingerprint density at radius 3 is 2.40 bits per heavy atom. The Morgan fingerprint density at radius 2 is 1.73 bits per heavy atom. The number of aryl methyl sites for hydroxylation is 1. The van der Waals surface area contributed by atoms with Crippen molar-refractivity contribution in [2.24, 2.45) is 0 Å². The second-order valence-corrected chi connectivity index (χ2v) is 4.36. The van der Waals surface area contributed by atoms with Gasteiger partial charge >= 0.3 is 0 Å². The first-order valence-electron chi connectivity index (χ1n) is 5.32. The summed E-state index contributed by atoms with van der Waals surface area (Å²) < 4.78 is 0. The van der Waals surface area contributed by atoms with Gasteiger partial charge in [0.05, 0.1) is 0 Å². The fourth-order valence-electron chi connectivity index (χ4n) is 2.01. The summed E-state index contributed by atoms with van der Waals surface area (Å²) in [5.74, 6) is 0.851. The van der Waals surface area contributed by atoms with E-state index in [1.807, 2.05) is 12.1 Å². The standard InChI is InChI=1S/C14H16O/c1-9(2)12-6-4-10(3)14-8-11(15)5-7-13(12)14/h4-9,15H,1-3H3. The first kappa shape index (κ1) is 10.0. The number of rotatable bonds is 1. The summed E-state index contributed by atoms with van der Waals surface area (Å²) in [5.41, 5.74) is 2.56. The van der Waals surface area contributed by atoms with Crippen molar-refractivity contribution in [1.29, 1.82) is 0 Å². The van der Waals surface area contributed by atoms with Gasteiger partial charge in [-0.25, -0.2) is 0 Å². The quantitative estimate of drug-likeness (QED) is 0.738. The van der Waals surface area contributed by atoms with Gasteiger partial charge in [0.25, 0.3) is 0 Å². The lowest BCUT2D eigenvalue weighted by molar-refractivity contribution is 0.476. The molecule has 78 valence electrons. The van der Waals surface area contributed by atoms with Crippen molar-refractivity contribution in [3.05, 3.63) is 41.5 Å². The Balaban J connectivity index is 2.82. The Kier molecular flexibility index (Phi) is 2.39. The van der Waals surface area contributed by atoms with Gasteiger partial charge in [0, 0.05) is 0 Å². The highest BCUT2D eigenvalue weighted by Gasteiger charge is 2.07. The summed E-state index contributed by atoms with van der Waals surface area (Å²) in [4.78, 5) is 0. The smallest absolute Gasteiger partial charge is 0.116 e. The topological polar surface area (TPSA) is 20.2 Å². The van der Waals surface area contributed by atoms with E-state index in [0.29, 0.717) is 11.7 Å². The number of phenols is 1. The fourth-order valence-corrected chi connectivity index (χ4v) is 2.01. The van der Waals surface area contributed by atoms with E-state index >= 15 is 0 Å². The predicted molar refractivity (Wildman–Crippen MR) is 64.4 cm³/mol. The SMILES string of the molecule is Cc1ccc(C(C)C)c2ccc(O)cc12. The molecule has 0 fully saturated rings. The van der Waals surface area contributed by atoms with Gasteiger partial charge in [-0.15, -0.1) is 0 Å². The summed E-state index contributed by atoms with van der Waals surface area (Å²) in [6.07, 6.45) is 0. The molecule has 0 heterocycles. The van der Waals surface area contributed by atoms with Crippen molar-refractivity contribution in [2.45, 2.75) is 26.7 Å². The summed E-state index contributed by atoms with van der Waals surface area (Å²) in [7, 11) is 0. The van der Waals surface area contributed by atoms with E-state index in [0.717, 1.165) is 5.39 Å². The maximum Gasteiger partial charge on any atom is 0.116 e. The van der Waals surface area contributed by atoms with Gasteiger partial charge < -0.3 is 5.11 Å². The lowest BCUT2D eigenvalue weighted by Crippen LogP contribution is -1.90. The van der Waals surface area contributed by atoms with Crippen molar-refractivity contribution in [1.82, 2.24) is 0 Å². The zero-order chi connectivity index (χ0) is 11.0. The molecule has 0 saturated heterocycles. The molecule has 0 aliphatic rings. The molecule has 2 rings (SSSR count). The van der Waals surface area contributed by atoms with E-state index in [9.17, 15) is 5.11 Å². The molecule has 0 atom stereocenters. The van der Waals surface area contributed by atoms with Crippen LogP contribution < -0.4 is 0 Å². The first-order valence-corrected chi connectivity index (χ1v) is 5.32. The third-order valence-corrected chi connectivity index (χ3v) is 2.87. The van der Waals surface area contributed by atoms with Crippen molar-refractivity contribution in [3.8, 4) is 5.75 Å². The van der Waals surface area contributed by atoms with Gasteiger partial charge in [0.1, 0.15) is 5.75 Å². The van der Waals surface area contributed by atoms with E-state index < -0.39 is 0 Å². The van der Waals surface area contributed by atoms with Crippen molar-refractivity contribution in [2.75, 3.05) is 0 Å². The molecule has 0 radical (unpaired) electrons. The lowest BCUT2D eigenvalue weighted by Gasteiger charge is -2.12. The van der Waals surface area contributed by atoms with Crippen LogP contribution in [0.4, 0.5) is 0 Å². The number of hydrogen-bond acceptors (Lipinski definition) is 1. The van der Waals surface area contributed by atoms with Crippen LogP contribution in [0.25, 0.3) is 10.8 Å². The zero-order valence-electron chi connectivity index (χ0n) is 9.41. The average Bonchev–Trinajstić information content (AvgIpc) is 2.19. The maximum absolute atomic E-state index is 9.48. The minimum atomic E-state index is 0.339. The van der Waals surface area contributed by atoms with Crippen LogP contribution in [0, 0.1) is 6.92 Å². The molecule has 1 nitrogen and oxygen atoms in total. The lowest BCUT2D eigenvalue weighted by atomic mass is 9.93. The second kappa shape index (κ2) is 3.58. The molecule has 0 spiro atoms. The fraction of sp³-hybridized carbons (Fsp3) is 0.286. The molecule has 0 bridgehead atoms. The Labute approximate surface area is 90.4 Å². The molecular formula is C14H16O. The van der Waals surface area contributed by atoms with Crippen LogP contribution in [0.15, 0.2) is 30.3 Å². The second-order valence-electron chi connectivity index (χ2n) is 4.36. The number of benzene rings is 2. The van der Waals surface area contributed by atoms with Gasteiger partial charge in [-0.2, -0.15) is 0 Å².